The average molecular weight is 397 g/mol. The first-order valence-corrected chi connectivity index (χ1v) is 9.57. The number of carbonyl (C=O) groups is 2. The quantitative estimate of drug-likeness (QED) is 0.767. The van der Waals surface area contributed by atoms with Crippen molar-refractivity contribution >= 4 is 23.5 Å². The van der Waals surface area contributed by atoms with E-state index in [1.165, 1.54) is 11.4 Å². The zero-order valence-corrected chi connectivity index (χ0v) is 15.9. The van der Waals surface area contributed by atoms with Crippen LogP contribution >= 0.6 is 0 Å². The van der Waals surface area contributed by atoms with E-state index in [0.717, 1.165) is 12.0 Å². The molecule has 0 aliphatic carbocycles. The van der Waals surface area contributed by atoms with Crippen LogP contribution in [0.25, 0.3) is 0 Å². The van der Waals surface area contributed by atoms with E-state index in [0.29, 0.717) is 44.2 Å². The van der Waals surface area contributed by atoms with Gasteiger partial charge in [-0.25, -0.2) is 20.0 Å². The third-order valence-electron chi connectivity index (χ3n) is 5.39. The Morgan fingerprint density at radius 1 is 1.10 bits per heavy atom. The Morgan fingerprint density at radius 3 is 2.59 bits per heavy atom. The fourth-order valence-corrected chi connectivity index (χ4v) is 3.79. The van der Waals surface area contributed by atoms with Crippen LogP contribution < -0.4 is 16.4 Å². The van der Waals surface area contributed by atoms with Gasteiger partial charge in [-0.3, -0.25) is 14.4 Å². The summed E-state index contributed by atoms with van der Waals surface area (Å²) >= 11 is 0. The number of nitrogens with zero attached hydrogens (tertiary/aromatic N) is 5. The van der Waals surface area contributed by atoms with Gasteiger partial charge in [-0.05, 0) is 24.5 Å². The Morgan fingerprint density at radius 2 is 1.90 bits per heavy atom. The van der Waals surface area contributed by atoms with Gasteiger partial charge in [0.25, 0.3) is 5.91 Å². The van der Waals surface area contributed by atoms with Gasteiger partial charge in [-0.2, -0.15) is 0 Å². The van der Waals surface area contributed by atoms with Gasteiger partial charge in [0.05, 0.1) is 12.6 Å². The summed E-state index contributed by atoms with van der Waals surface area (Å²) in [4.78, 5) is 44.3. The molecule has 4 heterocycles. The molecule has 0 bridgehead atoms. The number of carbonyl (C=O) groups excluding carboxylic acids is 2. The van der Waals surface area contributed by atoms with Gasteiger partial charge in [-0.1, -0.05) is 6.07 Å². The molecule has 0 radical (unpaired) electrons. The van der Waals surface area contributed by atoms with E-state index < -0.39 is 5.91 Å². The highest BCUT2D eigenvalue weighted by Gasteiger charge is 2.37. The van der Waals surface area contributed by atoms with Crippen LogP contribution in [-0.4, -0.2) is 51.5 Å². The van der Waals surface area contributed by atoms with Crippen molar-refractivity contribution in [2.75, 3.05) is 30.3 Å². The lowest BCUT2D eigenvalue weighted by Gasteiger charge is -2.34. The van der Waals surface area contributed by atoms with Crippen LogP contribution in [0.5, 0.6) is 0 Å². The maximum atomic E-state index is 13.1. The summed E-state index contributed by atoms with van der Waals surface area (Å²) in [5.74, 6) is 0.355. The van der Waals surface area contributed by atoms with Crippen molar-refractivity contribution in [3.05, 3.63) is 42.0 Å². The van der Waals surface area contributed by atoms with Crippen LogP contribution in [0.4, 0.5) is 11.6 Å². The number of hydrogen-bond acceptors (Lipinski definition) is 8. The molecule has 0 spiro atoms. The molecule has 0 unspecified atom stereocenters. The summed E-state index contributed by atoms with van der Waals surface area (Å²) in [6.07, 6.45) is 5.09. The summed E-state index contributed by atoms with van der Waals surface area (Å²) < 4.78 is 0. The molecule has 2 aromatic rings. The summed E-state index contributed by atoms with van der Waals surface area (Å²) in [5, 5.41) is 1.50. The molecule has 2 aliphatic heterocycles. The predicted molar refractivity (Wildman–Crippen MR) is 104 cm³/mol. The lowest BCUT2D eigenvalue weighted by atomic mass is 9.94. The van der Waals surface area contributed by atoms with E-state index in [9.17, 15) is 9.59 Å². The second-order valence-electron chi connectivity index (χ2n) is 7.21. The van der Waals surface area contributed by atoms with Crippen LogP contribution in [0, 0.1) is 5.92 Å². The van der Waals surface area contributed by atoms with Gasteiger partial charge in [-0.15, -0.1) is 0 Å². The molecule has 1 atom stereocenters. The highest BCUT2D eigenvalue weighted by Crippen LogP contribution is 2.33. The molecule has 10 heteroatoms. The number of amides is 2. The fraction of sp³-hybridized carbons (Fsp3) is 0.421. The summed E-state index contributed by atoms with van der Waals surface area (Å²) in [6.45, 7) is 1.79. The van der Waals surface area contributed by atoms with Crippen LogP contribution in [0.2, 0.25) is 0 Å². The Labute approximate surface area is 167 Å². The van der Waals surface area contributed by atoms with Crippen molar-refractivity contribution < 1.29 is 14.4 Å². The van der Waals surface area contributed by atoms with Crippen molar-refractivity contribution in [1.29, 1.82) is 0 Å². The third kappa shape index (κ3) is 3.97. The largest absolute Gasteiger partial charge is 0.384 e. The number of aromatic nitrogens is 3. The monoisotopic (exact) mass is 397 g/mol. The van der Waals surface area contributed by atoms with Crippen molar-refractivity contribution in [2.24, 2.45) is 11.7 Å². The summed E-state index contributed by atoms with van der Waals surface area (Å²) in [6, 6.07) is 5.05. The molecular formula is C19H23N7O3. The van der Waals surface area contributed by atoms with E-state index >= 15 is 0 Å². The maximum absolute atomic E-state index is 13.1. The second kappa shape index (κ2) is 8.00. The fourth-order valence-electron chi connectivity index (χ4n) is 3.79. The molecule has 4 rings (SSSR count). The van der Waals surface area contributed by atoms with Gasteiger partial charge in [0.2, 0.25) is 5.91 Å². The zero-order chi connectivity index (χ0) is 20.4. The van der Waals surface area contributed by atoms with Crippen molar-refractivity contribution in [1.82, 2.24) is 20.0 Å². The molecule has 10 nitrogen and oxygen atoms in total. The average Bonchev–Trinajstić information content (AvgIpc) is 3.24. The topological polar surface area (TPSA) is 141 Å². The first kappa shape index (κ1) is 19.1. The number of rotatable bonds is 4. The first-order valence-electron chi connectivity index (χ1n) is 9.57. The lowest BCUT2D eigenvalue weighted by molar-refractivity contribution is -0.182. The molecular weight excluding hydrogens is 374 g/mol. The molecule has 2 aromatic heterocycles. The van der Waals surface area contributed by atoms with Crippen LogP contribution in [-0.2, 0) is 9.63 Å². The van der Waals surface area contributed by atoms with E-state index in [2.05, 4.69) is 15.0 Å². The van der Waals surface area contributed by atoms with Crippen molar-refractivity contribution in [3.8, 4) is 0 Å². The van der Waals surface area contributed by atoms with E-state index in [1.54, 1.807) is 18.3 Å². The number of nitrogen functional groups attached to an aromatic ring is 1. The minimum Gasteiger partial charge on any atom is -0.384 e. The van der Waals surface area contributed by atoms with Gasteiger partial charge < -0.3 is 16.4 Å². The number of hydrogen-bond donors (Lipinski definition) is 2. The molecule has 4 N–H and O–H groups in total. The highest BCUT2D eigenvalue weighted by molar-refractivity contribution is 5.91. The van der Waals surface area contributed by atoms with Crippen LogP contribution in [0.3, 0.4) is 0 Å². The van der Waals surface area contributed by atoms with Gasteiger partial charge in [0, 0.05) is 37.7 Å². The maximum Gasteiger partial charge on any atom is 0.267 e. The molecule has 29 heavy (non-hydrogen) atoms. The Bertz CT molecular complexity index is 897. The Hall–Kier alpha value is -3.27. The minimum atomic E-state index is -0.590. The molecule has 2 aliphatic rings. The third-order valence-corrected chi connectivity index (χ3v) is 5.39. The smallest absolute Gasteiger partial charge is 0.267 e. The van der Waals surface area contributed by atoms with Crippen LogP contribution in [0.1, 0.15) is 41.4 Å². The number of pyridine rings is 1. The van der Waals surface area contributed by atoms with Gasteiger partial charge in [0.1, 0.15) is 23.7 Å². The zero-order valence-electron chi connectivity index (χ0n) is 15.9. The van der Waals surface area contributed by atoms with E-state index in [4.69, 9.17) is 16.3 Å². The van der Waals surface area contributed by atoms with Crippen molar-refractivity contribution in [3.63, 3.8) is 0 Å². The van der Waals surface area contributed by atoms with Gasteiger partial charge >= 0.3 is 0 Å². The van der Waals surface area contributed by atoms with Crippen molar-refractivity contribution in [2.45, 2.75) is 25.3 Å². The van der Waals surface area contributed by atoms with E-state index in [-0.39, 0.29) is 23.6 Å². The summed E-state index contributed by atoms with van der Waals surface area (Å²) in [7, 11) is 0. The molecule has 2 fully saturated rings. The molecule has 2 saturated heterocycles. The van der Waals surface area contributed by atoms with Crippen LogP contribution in [0.15, 0.2) is 30.7 Å². The standard InChI is InChI=1S/C19H23N7O3/c20-16-2-1-13(10-22-16)15-5-8-29-26(15)19(28)12-3-6-25(7-4-12)17-9-14(18(21)27)23-11-24-17/h1-2,9-12,15H,3-8H2,(H2,20,22)(H2,21,27)/t15-/m0/s1. The second-order valence-corrected chi connectivity index (χ2v) is 7.21. The number of nitrogens with two attached hydrogens (primary N) is 2. The van der Waals surface area contributed by atoms with E-state index in [1.807, 2.05) is 11.0 Å². The molecule has 0 aromatic carbocycles. The Kier molecular flexibility index (Phi) is 5.26. The normalized spacial score (nSPS) is 20.1. The number of hydroxylamine groups is 2. The Balaban J connectivity index is 1.40. The number of piperidine rings is 1. The number of anilines is 2. The minimum absolute atomic E-state index is 0.00973. The summed E-state index contributed by atoms with van der Waals surface area (Å²) in [5.41, 5.74) is 12.0. The first-order chi connectivity index (χ1) is 14.0. The lowest BCUT2D eigenvalue weighted by Crippen LogP contribution is -2.42. The molecule has 0 saturated carbocycles. The SMILES string of the molecule is NC(=O)c1cc(N2CCC(C(=O)N3OCC[C@H]3c3ccc(N)nc3)CC2)ncn1. The molecule has 152 valence electrons. The number of primary amides is 1. The highest BCUT2D eigenvalue weighted by atomic mass is 16.7. The molecule has 2 amide bonds. The predicted octanol–water partition coefficient (Wildman–Crippen LogP) is 0.674. The van der Waals surface area contributed by atoms with Gasteiger partial charge in [0.15, 0.2) is 0 Å².